The summed E-state index contributed by atoms with van der Waals surface area (Å²) in [6.45, 7) is 4.32. The van der Waals surface area contributed by atoms with Crippen LogP contribution in [0.4, 0.5) is 5.95 Å². The first-order valence-corrected chi connectivity index (χ1v) is 9.36. The van der Waals surface area contributed by atoms with E-state index in [-0.39, 0.29) is 24.0 Å². The van der Waals surface area contributed by atoms with E-state index in [1.807, 2.05) is 13.2 Å². The van der Waals surface area contributed by atoms with Crippen LogP contribution < -0.4 is 10.6 Å². The lowest BCUT2D eigenvalue weighted by molar-refractivity contribution is 0.0559. The lowest BCUT2D eigenvalue weighted by Gasteiger charge is -2.35. The summed E-state index contributed by atoms with van der Waals surface area (Å²) in [6, 6.07) is 1.84. The predicted molar refractivity (Wildman–Crippen MR) is 115 cm³/mol. The second-order valence-corrected chi connectivity index (χ2v) is 6.93. The largest absolute Gasteiger partial charge is 0.381 e. The van der Waals surface area contributed by atoms with Crippen LogP contribution in [0.25, 0.3) is 0 Å². The molecule has 0 atom stereocenters. The molecule has 26 heavy (non-hydrogen) atoms. The molecule has 1 aliphatic heterocycles. The third kappa shape index (κ3) is 5.94. The van der Waals surface area contributed by atoms with Crippen LogP contribution in [0.5, 0.6) is 0 Å². The van der Waals surface area contributed by atoms with Crippen LogP contribution in [0.15, 0.2) is 23.5 Å². The first-order valence-electron chi connectivity index (χ1n) is 9.36. The number of hydrogen-bond acceptors (Lipinski definition) is 5. The van der Waals surface area contributed by atoms with Gasteiger partial charge >= 0.3 is 0 Å². The molecule has 3 rings (SSSR count). The van der Waals surface area contributed by atoms with Crippen molar-refractivity contribution in [3.8, 4) is 0 Å². The Bertz CT molecular complexity index is 542. The molecule has 7 nitrogen and oxygen atoms in total. The Morgan fingerprint density at radius 3 is 2.42 bits per heavy atom. The Hall–Kier alpha value is -1.16. The maximum absolute atomic E-state index is 6.20. The number of nitrogens with zero attached hydrogens (tertiary/aromatic N) is 5. The van der Waals surface area contributed by atoms with Crippen LogP contribution in [-0.2, 0) is 4.74 Å². The van der Waals surface area contributed by atoms with E-state index in [4.69, 9.17) is 10.5 Å². The van der Waals surface area contributed by atoms with Gasteiger partial charge < -0.3 is 20.3 Å². The van der Waals surface area contributed by atoms with Crippen molar-refractivity contribution in [1.82, 2.24) is 14.9 Å². The van der Waals surface area contributed by atoms with Crippen LogP contribution >= 0.6 is 24.0 Å². The summed E-state index contributed by atoms with van der Waals surface area (Å²) in [7, 11) is 1.82. The van der Waals surface area contributed by atoms with E-state index in [1.54, 1.807) is 12.4 Å². The molecule has 0 radical (unpaired) electrons. The number of aliphatic imine (C=N–C) groups is 1. The lowest BCUT2D eigenvalue weighted by Crippen LogP contribution is -2.51. The van der Waals surface area contributed by atoms with Crippen molar-refractivity contribution in [2.75, 3.05) is 44.7 Å². The highest BCUT2D eigenvalue weighted by molar-refractivity contribution is 14.0. The lowest BCUT2D eigenvalue weighted by atomic mass is 9.85. The van der Waals surface area contributed by atoms with Gasteiger partial charge in [0, 0.05) is 52.2 Å². The molecule has 0 spiro atoms. The molecule has 2 aliphatic rings. The van der Waals surface area contributed by atoms with Gasteiger partial charge in [0.2, 0.25) is 5.95 Å². The van der Waals surface area contributed by atoms with Crippen molar-refractivity contribution in [3.05, 3.63) is 18.5 Å². The highest BCUT2D eigenvalue weighted by atomic mass is 127. The van der Waals surface area contributed by atoms with Crippen molar-refractivity contribution >= 4 is 35.9 Å². The predicted octanol–water partition coefficient (Wildman–Crippen LogP) is 2.13. The topological polar surface area (TPSA) is 79.9 Å². The van der Waals surface area contributed by atoms with Crippen LogP contribution in [0.1, 0.15) is 32.1 Å². The number of halogens is 1. The first kappa shape index (κ1) is 21.1. The Balaban J connectivity index is 0.00000243. The number of guanidine groups is 1. The van der Waals surface area contributed by atoms with Gasteiger partial charge in [-0.3, -0.25) is 4.99 Å². The minimum Gasteiger partial charge on any atom is -0.381 e. The molecule has 146 valence electrons. The van der Waals surface area contributed by atoms with Gasteiger partial charge in [0.05, 0.1) is 6.10 Å². The molecular weight excluding hydrogens is 443 g/mol. The standard InChI is InChI=1S/C18H30N6O.HI/c1-25-16-5-3-15(4-6-16)7-10-20-17(19)23-11-13-24(14-12-23)18-21-8-2-9-22-18;/h2,8-9,15-16H,3-7,10-14H2,1H3,(H2,19,20);1H. The quantitative estimate of drug-likeness (QED) is 0.400. The maximum atomic E-state index is 6.20. The zero-order chi connectivity index (χ0) is 17.5. The molecule has 0 unspecified atom stereocenters. The Kier molecular flexibility index (Phi) is 8.83. The average Bonchev–Trinajstić information content (AvgIpc) is 2.69. The molecule has 8 heteroatoms. The van der Waals surface area contributed by atoms with E-state index in [0.29, 0.717) is 12.1 Å². The molecule has 0 aromatic carbocycles. The van der Waals surface area contributed by atoms with Crippen molar-refractivity contribution in [1.29, 1.82) is 0 Å². The van der Waals surface area contributed by atoms with Crippen LogP contribution in [0, 0.1) is 5.92 Å². The normalized spacial score (nSPS) is 24.3. The van der Waals surface area contributed by atoms with Gasteiger partial charge in [-0.25, -0.2) is 9.97 Å². The molecule has 1 aromatic rings. The third-order valence-electron chi connectivity index (χ3n) is 5.38. The molecule has 1 aromatic heterocycles. The van der Waals surface area contributed by atoms with Gasteiger partial charge in [-0.05, 0) is 44.1 Å². The van der Waals surface area contributed by atoms with Gasteiger partial charge in [-0.2, -0.15) is 0 Å². The number of anilines is 1. The summed E-state index contributed by atoms with van der Waals surface area (Å²) >= 11 is 0. The van der Waals surface area contributed by atoms with Gasteiger partial charge in [-0.1, -0.05) is 0 Å². The second-order valence-electron chi connectivity index (χ2n) is 6.93. The Morgan fingerprint density at radius 2 is 1.81 bits per heavy atom. The average molecular weight is 474 g/mol. The number of piperazine rings is 1. The molecule has 2 N–H and O–H groups in total. The summed E-state index contributed by atoms with van der Waals surface area (Å²) in [5.74, 6) is 2.25. The van der Waals surface area contributed by atoms with E-state index in [2.05, 4.69) is 24.8 Å². The van der Waals surface area contributed by atoms with Crippen LogP contribution in [-0.4, -0.2) is 66.8 Å². The number of ether oxygens (including phenoxy) is 1. The Labute approximate surface area is 173 Å². The Morgan fingerprint density at radius 1 is 1.15 bits per heavy atom. The van der Waals surface area contributed by atoms with Gasteiger partial charge in [0.25, 0.3) is 0 Å². The fraction of sp³-hybridized carbons (Fsp3) is 0.722. The summed E-state index contributed by atoms with van der Waals surface area (Å²) in [6.07, 6.45) is 10.0. The van der Waals surface area contributed by atoms with Crippen LogP contribution in [0.2, 0.25) is 0 Å². The van der Waals surface area contributed by atoms with E-state index in [9.17, 15) is 0 Å². The van der Waals surface area contributed by atoms with Crippen molar-refractivity contribution < 1.29 is 4.74 Å². The summed E-state index contributed by atoms with van der Waals surface area (Å²) in [5, 5.41) is 0. The fourth-order valence-corrected chi connectivity index (χ4v) is 3.71. The number of nitrogens with two attached hydrogens (primary N) is 1. The monoisotopic (exact) mass is 474 g/mol. The molecule has 1 saturated carbocycles. The third-order valence-corrected chi connectivity index (χ3v) is 5.38. The molecule has 2 fully saturated rings. The zero-order valence-corrected chi connectivity index (χ0v) is 17.9. The molecule has 2 heterocycles. The SMILES string of the molecule is COC1CCC(CCN=C(N)N2CCN(c3ncccn3)CC2)CC1.I. The number of hydrogen-bond donors (Lipinski definition) is 1. The highest BCUT2D eigenvalue weighted by Gasteiger charge is 2.21. The van der Waals surface area contributed by atoms with E-state index >= 15 is 0 Å². The maximum Gasteiger partial charge on any atom is 0.225 e. The van der Waals surface area contributed by atoms with Crippen molar-refractivity contribution in [2.24, 2.45) is 16.6 Å². The van der Waals surface area contributed by atoms with E-state index in [1.165, 1.54) is 25.7 Å². The summed E-state index contributed by atoms with van der Waals surface area (Å²) in [5.41, 5.74) is 6.20. The van der Waals surface area contributed by atoms with E-state index < -0.39 is 0 Å². The number of rotatable bonds is 5. The molecule has 1 aliphatic carbocycles. The van der Waals surface area contributed by atoms with E-state index in [0.717, 1.165) is 51.0 Å². The second kappa shape index (κ2) is 10.9. The van der Waals surface area contributed by atoms with Gasteiger partial charge in [0.1, 0.15) is 0 Å². The molecule has 1 saturated heterocycles. The molecule has 0 bridgehead atoms. The number of aromatic nitrogens is 2. The molecule has 0 amide bonds. The van der Waals surface area contributed by atoms with Gasteiger partial charge in [-0.15, -0.1) is 24.0 Å². The van der Waals surface area contributed by atoms with Crippen molar-refractivity contribution in [3.63, 3.8) is 0 Å². The van der Waals surface area contributed by atoms with Crippen molar-refractivity contribution in [2.45, 2.75) is 38.2 Å². The van der Waals surface area contributed by atoms with Gasteiger partial charge in [0.15, 0.2) is 5.96 Å². The summed E-state index contributed by atoms with van der Waals surface area (Å²) < 4.78 is 5.44. The molecular formula is C18H31IN6O. The minimum atomic E-state index is 0. The van der Waals surface area contributed by atoms with Crippen LogP contribution in [0.3, 0.4) is 0 Å². The summed E-state index contributed by atoms with van der Waals surface area (Å²) in [4.78, 5) is 17.6. The first-order chi connectivity index (χ1) is 12.3. The minimum absolute atomic E-state index is 0. The highest BCUT2D eigenvalue weighted by Crippen LogP contribution is 2.28. The number of methoxy groups -OCH3 is 1. The smallest absolute Gasteiger partial charge is 0.225 e. The zero-order valence-electron chi connectivity index (χ0n) is 15.6. The fourth-order valence-electron chi connectivity index (χ4n) is 3.71.